The fourth-order valence-electron chi connectivity index (χ4n) is 3.03. The number of aromatic nitrogens is 1. The lowest BCUT2D eigenvalue weighted by Gasteiger charge is -2.16. The first kappa shape index (κ1) is 14.2. The fourth-order valence-corrected chi connectivity index (χ4v) is 3.95. The number of thiazole rings is 1. The summed E-state index contributed by atoms with van der Waals surface area (Å²) in [7, 11) is 0. The van der Waals surface area contributed by atoms with Crippen LogP contribution in [0.3, 0.4) is 0 Å². The van der Waals surface area contributed by atoms with Gasteiger partial charge in [0.05, 0.1) is 9.88 Å². The Morgan fingerprint density at radius 2 is 1.83 bits per heavy atom. The molecule has 3 nitrogen and oxygen atoms in total. The predicted octanol–water partition coefficient (Wildman–Crippen LogP) is 4.32. The molecule has 0 spiro atoms. The van der Waals surface area contributed by atoms with E-state index in [2.05, 4.69) is 11.1 Å². The second kappa shape index (κ2) is 5.63. The minimum atomic E-state index is -0.00171. The molecule has 1 aromatic heterocycles. The number of fused-ring (bicyclic) bond motifs is 1. The van der Waals surface area contributed by atoms with Crippen molar-refractivity contribution < 1.29 is 4.79 Å². The van der Waals surface area contributed by atoms with Gasteiger partial charge >= 0.3 is 0 Å². The van der Waals surface area contributed by atoms with E-state index in [1.807, 2.05) is 60.4 Å². The summed E-state index contributed by atoms with van der Waals surface area (Å²) in [5.74, 6) is -0.00171. The Balaban J connectivity index is 1.76. The number of aryl methyl sites for hydroxylation is 1. The summed E-state index contributed by atoms with van der Waals surface area (Å²) < 4.78 is 0. The van der Waals surface area contributed by atoms with Crippen LogP contribution in [0.15, 0.2) is 54.6 Å². The van der Waals surface area contributed by atoms with Crippen LogP contribution in [-0.4, -0.2) is 17.4 Å². The number of nitrogens with zero attached hydrogens (tertiary/aromatic N) is 2. The second-order valence-electron chi connectivity index (χ2n) is 5.61. The van der Waals surface area contributed by atoms with Crippen LogP contribution in [0.4, 0.5) is 5.69 Å². The molecule has 0 N–H and O–H groups in total. The van der Waals surface area contributed by atoms with Crippen LogP contribution in [-0.2, 0) is 6.42 Å². The molecule has 2 aromatic carbocycles. The molecule has 1 aliphatic heterocycles. The lowest BCUT2D eigenvalue weighted by Crippen LogP contribution is -2.29. The highest BCUT2D eigenvalue weighted by Gasteiger charge is 2.29. The van der Waals surface area contributed by atoms with Crippen molar-refractivity contribution in [3.8, 4) is 10.4 Å². The van der Waals surface area contributed by atoms with E-state index in [9.17, 15) is 4.79 Å². The van der Waals surface area contributed by atoms with Crippen LogP contribution in [0.25, 0.3) is 10.4 Å². The van der Waals surface area contributed by atoms with Gasteiger partial charge in [0.1, 0.15) is 5.69 Å². The van der Waals surface area contributed by atoms with Crippen molar-refractivity contribution in [2.75, 3.05) is 11.4 Å². The monoisotopic (exact) mass is 320 g/mol. The van der Waals surface area contributed by atoms with Crippen molar-refractivity contribution in [2.24, 2.45) is 0 Å². The molecule has 0 radical (unpaired) electrons. The van der Waals surface area contributed by atoms with Gasteiger partial charge in [-0.15, -0.1) is 11.3 Å². The number of hydrogen-bond donors (Lipinski definition) is 0. The SMILES string of the molecule is Cc1nc(C(=O)N2CCc3ccccc32)c(-c2ccccc2)s1. The Labute approximate surface area is 139 Å². The molecule has 0 bridgehead atoms. The normalized spacial score (nSPS) is 13.2. The van der Waals surface area contributed by atoms with E-state index in [0.717, 1.165) is 34.1 Å². The smallest absolute Gasteiger partial charge is 0.278 e. The summed E-state index contributed by atoms with van der Waals surface area (Å²) in [5, 5.41) is 0.916. The van der Waals surface area contributed by atoms with Crippen molar-refractivity contribution in [1.29, 1.82) is 0 Å². The van der Waals surface area contributed by atoms with E-state index in [0.29, 0.717) is 5.69 Å². The van der Waals surface area contributed by atoms with Gasteiger partial charge < -0.3 is 4.90 Å². The molecular weight excluding hydrogens is 304 g/mol. The fraction of sp³-hybridized carbons (Fsp3) is 0.158. The average Bonchev–Trinajstić information content (AvgIpc) is 3.19. The summed E-state index contributed by atoms with van der Waals surface area (Å²) >= 11 is 1.58. The molecule has 0 atom stereocenters. The molecule has 0 unspecified atom stereocenters. The number of carbonyl (C=O) groups is 1. The van der Waals surface area contributed by atoms with Gasteiger partial charge in [-0.25, -0.2) is 4.98 Å². The third kappa shape index (κ3) is 2.45. The van der Waals surface area contributed by atoms with Crippen molar-refractivity contribution in [3.05, 3.63) is 70.9 Å². The van der Waals surface area contributed by atoms with Gasteiger partial charge in [0.2, 0.25) is 0 Å². The summed E-state index contributed by atoms with van der Waals surface area (Å²) in [6.07, 6.45) is 0.908. The first-order valence-corrected chi connectivity index (χ1v) is 8.48. The lowest BCUT2D eigenvalue weighted by atomic mass is 10.1. The summed E-state index contributed by atoms with van der Waals surface area (Å²) in [6, 6.07) is 18.1. The number of benzene rings is 2. The third-order valence-corrected chi connectivity index (χ3v) is 5.12. The zero-order chi connectivity index (χ0) is 15.8. The van der Waals surface area contributed by atoms with Crippen LogP contribution in [0.2, 0.25) is 0 Å². The predicted molar refractivity (Wildman–Crippen MR) is 94.1 cm³/mol. The van der Waals surface area contributed by atoms with Gasteiger partial charge in [-0.05, 0) is 30.5 Å². The van der Waals surface area contributed by atoms with Crippen molar-refractivity contribution in [1.82, 2.24) is 4.98 Å². The van der Waals surface area contributed by atoms with E-state index < -0.39 is 0 Å². The molecule has 1 amide bonds. The molecule has 4 rings (SSSR count). The van der Waals surface area contributed by atoms with Gasteiger partial charge in [-0.3, -0.25) is 4.79 Å². The van der Waals surface area contributed by atoms with Crippen LogP contribution in [0, 0.1) is 6.92 Å². The molecule has 114 valence electrons. The minimum absolute atomic E-state index is 0.00171. The largest absolute Gasteiger partial charge is 0.306 e. The maximum absolute atomic E-state index is 13.1. The highest BCUT2D eigenvalue weighted by Crippen LogP contribution is 2.34. The molecule has 0 fully saturated rings. The Morgan fingerprint density at radius 1 is 1.09 bits per heavy atom. The first-order valence-electron chi connectivity index (χ1n) is 7.66. The van der Waals surface area contributed by atoms with E-state index in [1.54, 1.807) is 11.3 Å². The minimum Gasteiger partial charge on any atom is -0.306 e. The quantitative estimate of drug-likeness (QED) is 0.704. The van der Waals surface area contributed by atoms with Gasteiger partial charge in [-0.2, -0.15) is 0 Å². The maximum Gasteiger partial charge on any atom is 0.278 e. The Morgan fingerprint density at radius 3 is 2.65 bits per heavy atom. The first-order chi connectivity index (χ1) is 11.2. The highest BCUT2D eigenvalue weighted by molar-refractivity contribution is 7.15. The highest BCUT2D eigenvalue weighted by atomic mass is 32.1. The van der Waals surface area contributed by atoms with E-state index in [4.69, 9.17) is 0 Å². The van der Waals surface area contributed by atoms with E-state index in [1.165, 1.54) is 5.56 Å². The Hall–Kier alpha value is -2.46. The second-order valence-corrected chi connectivity index (χ2v) is 6.82. The van der Waals surface area contributed by atoms with Crippen LogP contribution in [0.1, 0.15) is 21.1 Å². The summed E-state index contributed by atoms with van der Waals surface area (Å²) in [5.41, 5.74) is 3.86. The average molecular weight is 320 g/mol. The van der Waals surface area contributed by atoms with Gasteiger partial charge in [-0.1, -0.05) is 48.5 Å². The lowest BCUT2D eigenvalue weighted by molar-refractivity contribution is 0.0986. The topological polar surface area (TPSA) is 33.2 Å². The molecule has 23 heavy (non-hydrogen) atoms. The van der Waals surface area contributed by atoms with Gasteiger partial charge in [0, 0.05) is 12.2 Å². The standard InChI is InChI=1S/C19H16N2OS/c1-13-20-17(18(23-13)15-8-3-2-4-9-15)19(22)21-12-11-14-7-5-6-10-16(14)21/h2-10H,11-12H2,1H3. The molecule has 0 saturated heterocycles. The van der Waals surface area contributed by atoms with E-state index in [-0.39, 0.29) is 5.91 Å². The molecular formula is C19H16N2OS. The molecule has 1 aliphatic rings. The van der Waals surface area contributed by atoms with Crippen LogP contribution in [0.5, 0.6) is 0 Å². The molecule has 0 saturated carbocycles. The Bertz CT molecular complexity index is 870. The number of carbonyl (C=O) groups excluding carboxylic acids is 1. The van der Waals surface area contributed by atoms with Crippen molar-refractivity contribution in [2.45, 2.75) is 13.3 Å². The maximum atomic E-state index is 13.1. The summed E-state index contributed by atoms with van der Waals surface area (Å²) in [6.45, 7) is 2.68. The van der Waals surface area contributed by atoms with Crippen LogP contribution < -0.4 is 4.90 Å². The van der Waals surface area contributed by atoms with Crippen molar-refractivity contribution in [3.63, 3.8) is 0 Å². The zero-order valence-corrected chi connectivity index (χ0v) is 13.6. The third-order valence-electron chi connectivity index (χ3n) is 4.10. The van der Waals surface area contributed by atoms with Gasteiger partial charge in [0.25, 0.3) is 5.91 Å². The number of rotatable bonds is 2. The molecule has 3 aromatic rings. The molecule has 2 heterocycles. The Kier molecular flexibility index (Phi) is 3.46. The summed E-state index contributed by atoms with van der Waals surface area (Å²) in [4.78, 5) is 20.4. The molecule has 0 aliphatic carbocycles. The number of anilines is 1. The van der Waals surface area contributed by atoms with E-state index >= 15 is 0 Å². The number of para-hydroxylation sites is 1. The number of hydrogen-bond acceptors (Lipinski definition) is 3. The number of amides is 1. The van der Waals surface area contributed by atoms with Crippen LogP contribution >= 0.6 is 11.3 Å². The zero-order valence-electron chi connectivity index (χ0n) is 12.8. The van der Waals surface area contributed by atoms with Crippen molar-refractivity contribution >= 4 is 22.9 Å². The van der Waals surface area contributed by atoms with Gasteiger partial charge in [0.15, 0.2) is 0 Å². The molecule has 4 heteroatoms.